The van der Waals surface area contributed by atoms with E-state index in [9.17, 15) is 28.1 Å². The second-order valence-electron chi connectivity index (χ2n) is 10.5. The number of imide groups is 1. The maximum absolute atomic E-state index is 13.3. The number of carbonyl (C=O) groups excluding carboxylic acids is 2. The van der Waals surface area contributed by atoms with Gasteiger partial charge in [0.2, 0.25) is 10.0 Å². The zero-order valence-electron chi connectivity index (χ0n) is 19.7. The monoisotopic (exact) mass is 493 g/mol. The Morgan fingerprint density at radius 1 is 1.15 bits per heavy atom. The SMILES string of the molecule is C[C@H]1CC(C)(C)C[C@@]2(C1)NC(=O)N(CN1CCN(S(=O)(=O)c3cccc([N+](=O)[O-])c3)CC1)C2=O. The molecule has 1 aliphatic carbocycles. The Morgan fingerprint density at radius 3 is 2.44 bits per heavy atom. The second kappa shape index (κ2) is 8.58. The predicted octanol–water partition coefficient (Wildman–Crippen LogP) is 2.00. The predicted molar refractivity (Wildman–Crippen MR) is 123 cm³/mol. The van der Waals surface area contributed by atoms with Crippen LogP contribution in [0.3, 0.4) is 0 Å². The summed E-state index contributed by atoms with van der Waals surface area (Å²) in [6.07, 6.45) is 2.21. The molecular formula is C22H31N5O6S. The van der Waals surface area contributed by atoms with Crippen LogP contribution in [0.2, 0.25) is 0 Å². The summed E-state index contributed by atoms with van der Waals surface area (Å²) in [7, 11) is -3.89. The van der Waals surface area contributed by atoms with Gasteiger partial charge in [0.15, 0.2) is 0 Å². The number of carbonyl (C=O) groups is 2. The van der Waals surface area contributed by atoms with Gasteiger partial charge in [0.05, 0.1) is 16.5 Å². The van der Waals surface area contributed by atoms with E-state index in [0.29, 0.717) is 31.8 Å². The minimum absolute atomic E-state index is 0.0525. The molecule has 2 atom stereocenters. The minimum atomic E-state index is -3.89. The smallest absolute Gasteiger partial charge is 0.323 e. The summed E-state index contributed by atoms with van der Waals surface area (Å²) in [6.45, 7) is 7.42. The van der Waals surface area contributed by atoms with Gasteiger partial charge in [0.1, 0.15) is 5.54 Å². The molecule has 12 heteroatoms. The number of nitrogens with zero attached hydrogens (tertiary/aromatic N) is 4. The van der Waals surface area contributed by atoms with Crippen LogP contribution in [0.15, 0.2) is 29.2 Å². The van der Waals surface area contributed by atoms with Crippen molar-refractivity contribution in [1.29, 1.82) is 0 Å². The number of urea groups is 1. The highest BCUT2D eigenvalue weighted by Crippen LogP contribution is 2.46. The maximum atomic E-state index is 13.3. The molecular weight excluding hydrogens is 462 g/mol. The summed E-state index contributed by atoms with van der Waals surface area (Å²) in [6, 6.07) is 4.59. The number of hydrogen-bond acceptors (Lipinski definition) is 7. The summed E-state index contributed by atoms with van der Waals surface area (Å²) in [4.78, 5) is 39.5. The standard InChI is InChI=1S/C22H31N5O6S/c1-16-12-21(2,3)14-22(13-16)19(28)26(20(29)23-22)15-24-7-9-25(10-8-24)34(32,33)18-6-4-5-17(11-18)27(30)31/h4-6,11,16H,7-10,12-15H2,1-3H3,(H,23,29)/t16-,22+/m0/s1. The van der Waals surface area contributed by atoms with Crippen molar-refractivity contribution in [2.24, 2.45) is 11.3 Å². The molecule has 0 bridgehead atoms. The molecule has 3 amide bonds. The molecule has 1 spiro atoms. The number of rotatable bonds is 5. The quantitative estimate of drug-likeness (QED) is 0.377. The summed E-state index contributed by atoms with van der Waals surface area (Å²) in [5.41, 5.74) is -1.21. The average molecular weight is 494 g/mol. The van der Waals surface area contributed by atoms with Crippen LogP contribution in [-0.4, -0.2) is 77.8 Å². The average Bonchev–Trinajstić information content (AvgIpc) is 2.96. The fourth-order valence-corrected chi connectivity index (χ4v) is 7.31. The van der Waals surface area contributed by atoms with E-state index in [-0.39, 0.29) is 41.7 Å². The number of amides is 3. The van der Waals surface area contributed by atoms with E-state index in [1.807, 2.05) is 4.90 Å². The third kappa shape index (κ3) is 4.53. The molecule has 2 saturated heterocycles. The van der Waals surface area contributed by atoms with Crippen LogP contribution in [-0.2, 0) is 14.8 Å². The van der Waals surface area contributed by atoms with Crippen molar-refractivity contribution in [1.82, 2.24) is 19.4 Å². The van der Waals surface area contributed by atoms with Crippen LogP contribution < -0.4 is 5.32 Å². The number of sulfonamides is 1. The fourth-order valence-electron chi connectivity index (χ4n) is 5.85. The first-order chi connectivity index (χ1) is 15.8. The lowest BCUT2D eigenvalue weighted by molar-refractivity contribution is -0.385. The van der Waals surface area contributed by atoms with Gasteiger partial charge in [-0.05, 0) is 36.7 Å². The van der Waals surface area contributed by atoms with E-state index in [4.69, 9.17) is 0 Å². The first-order valence-corrected chi connectivity index (χ1v) is 12.9. The number of nitrogens with one attached hydrogen (secondary N) is 1. The Kier molecular flexibility index (Phi) is 6.19. The molecule has 0 radical (unpaired) electrons. The van der Waals surface area contributed by atoms with E-state index in [0.717, 1.165) is 12.5 Å². The van der Waals surface area contributed by atoms with Crippen LogP contribution in [0.1, 0.15) is 40.0 Å². The van der Waals surface area contributed by atoms with Crippen LogP contribution in [0.5, 0.6) is 0 Å². The van der Waals surface area contributed by atoms with Gasteiger partial charge in [-0.2, -0.15) is 4.31 Å². The molecule has 3 fully saturated rings. The van der Waals surface area contributed by atoms with E-state index < -0.39 is 26.5 Å². The van der Waals surface area contributed by atoms with E-state index in [1.165, 1.54) is 27.4 Å². The summed E-state index contributed by atoms with van der Waals surface area (Å²) in [5.74, 6) is 0.110. The first-order valence-electron chi connectivity index (χ1n) is 11.4. The molecule has 0 aromatic heterocycles. The van der Waals surface area contributed by atoms with Crippen molar-refractivity contribution in [3.8, 4) is 0 Å². The van der Waals surface area contributed by atoms with Crippen LogP contribution in [0.25, 0.3) is 0 Å². The fraction of sp³-hybridized carbons (Fsp3) is 0.636. The zero-order chi connectivity index (χ0) is 24.9. The number of hydrogen-bond donors (Lipinski definition) is 1. The Bertz CT molecular complexity index is 1110. The molecule has 3 aliphatic rings. The van der Waals surface area contributed by atoms with Gasteiger partial charge >= 0.3 is 6.03 Å². The van der Waals surface area contributed by atoms with Crippen LogP contribution in [0, 0.1) is 21.4 Å². The van der Waals surface area contributed by atoms with Gasteiger partial charge in [0, 0.05) is 38.3 Å². The molecule has 1 saturated carbocycles. The lowest BCUT2D eigenvalue weighted by Crippen LogP contribution is -2.55. The zero-order valence-corrected chi connectivity index (χ0v) is 20.5. The molecule has 2 aliphatic heterocycles. The molecule has 1 N–H and O–H groups in total. The summed E-state index contributed by atoms with van der Waals surface area (Å²) < 4.78 is 27.2. The highest BCUT2D eigenvalue weighted by molar-refractivity contribution is 7.89. The van der Waals surface area contributed by atoms with E-state index in [1.54, 1.807) is 0 Å². The number of nitro benzene ring substituents is 1. The van der Waals surface area contributed by atoms with Crippen molar-refractivity contribution >= 4 is 27.6 Å². The molecule has 1 aromatic rings. The largest absolute Gasteiger partial charge is 0.326 e. The number of benzene rings is 1. The topological polar surface area (TPSA) is 133 Å². The molecule has 186 valence electrons. The van der Waals surface area contributed by atoms with Gasteiger partial charge in [-0.3, -0.25) is 19.8 Å². The molecule has 11 nitrogen and oxygen atoms in total. The van der Waals surface area contributed by atoms with Crippen molar-refractivity contribution < 1.29 is 22.9 Å². The molecule has 4 rings (SSSR count). The Balaban J connectivity index is 1.41. The highest BCUT2D eigenvalue weighted by Gasteiger charge is 2.56. The Hall–Kier alpha value is -2.57. The molecule has 34 heavy (non-hydrogen) atoms. The molecule has 2 heterocycles. The molecule has 0 unspecified atom stereocenters. The van der Waals surface area contributed by atoms with E-state index in [2.05, 4.69) is 26.1 Å². The number of nitro groups is 1. The minimum Gasteiger partial charge on any atom is -0.323 e. The van der Waals surface area contributed by atoms with Gasteiger partial charge in [-0.25, -0.2) is 18.1 Å². The van der Waals surface area contributed by atoms with Crippen molar-refractivity contribution in [2.75, 3.05) is 32.8 Å². The van der Waals surface area contributed by atoms with Gasteiger partial charge in [0.25, 0.3) is 11.6 Å². The Morgan fingerprint density at radius 2 is 1.82 bits per heavy atom. The highest BCUT2D eigenvalue weighted by atomic mass is 32.2. The van der Waals surface area contributed by atoms with Gasteiger partial charge in [-0.1, -0.05) is 26.8 Å². The van der Waals surface area contributed by atoms with Gasteiger partial charge in [-0.15, -0.1) is 0 Å². The third-order valence-electron chi connectivity index (χ3n) is 6.96. The van der Waals surface area contributed by atoms with Crippen molar-refractivity contribution in [3.63, 3.8) is 0 Å². The van der Waals surface area contributed by atoms with Crippen molar-refractivity contribution in [2.45, 2.75) is 50.5 Å². The normalized spacial score (nSPS) is 28.3. The Labute approximate surface area is 199 Å². The first kappa shape index (κ1) is 24.6. The van der Waals surface area contributed by atoms with Crippen LogP contribution >= 0.6 is 0 Å². The van der Waals surface area contributed by atoms with Gasteiger partial charge < -0.3 is 5.32 Å². The maximum Gasteiger partial charge on any atom is 0.326 e. The number of non-ortho nitro benzene ring substituents is 1. The second-order valence-corrected chi connectivity index (χ2v) is 12.5. The van der Waals surface area contributed by atoms with Crippen molar-refractivity contribution in [3.05, 3.63) is 34.4 Å². The van der Waals surface area contributed by atoms with E-state index >= 15 is 0 Å². The third-order valence-corrected chi connectivity index (χ3v) is 8.86. The van der Waals surface area contributed by atoms with Crippen LogP contribution in [0.4, 0.5) is 10.5 Å². The molecule has 1 aromatic carbocycles. The summed E-state index contributed by atoms with van der Waals surface area (Å²) >= 11 is 0. The number of piperazine rings is 1. The lowest BCUT2D eigenvalue weighted by atomic mass is 9.64. The lowest BCUT2D eigenvalue weighted by Gasteiger charge is -2.44. The summed E-state index contributed by atoms with van der Waals surface area (Å²) in [5, 5.41) is 14.0.